The Bertz CT molecular complexity index is 359. The second-order valence-corrected chi connectivity index (χ2v) is 5.52. The van der Waals surface area contributed by atoms with Crippen LogP contribution in [0.1, 0.15) is 25.5 Å². The van der Waals surface area contributed by atoms with Crippen LogP contribution in [0.4, 0.5) is 5.82 Å². The van der Waals surface area contributed by atoms with Crippen LogP contribution in [0.3, 0.4) is 0 Å². The van der Waals surface area contributed by atoms with E-state index in [-0.39, 0.29) is 0 Å². The molecule has 0 radical (unpaired) electrons. The maximum Gasteiger partial charge on any atom is 0.147 e. The minimum atomic E-state index is 0.901. The summed E-state index contributed by atoms with van der Waals surface area (Å²) in [5.41, 5.74) is 0.997. The van der Waals surface area contributed by atoms with Gasteiger partial charge in [-0.1, -0.05) is 6.92 Å². The van der Waals surface area contributed by atoms with Crippen molar-refractivity contribution in [2.24, 2.45) is 17.8 Å². The molecule has 1 saturated carbocycles. The maximum absolute atomic E-state index is 4.47. The summed E-state index contributed by atoms with van der Waals surface area (Å²) in [6.45, 7) is 6.74. The zero-order chi connectivity index (χ0) is 11.1. The van der Waals surface area contributed by atoms with Crippen molar-refractivity contribution in [2.75, 3.05) is 18.0 Å². The van der Waals surface area contributed by atoms with Crippen LogP contribution in [0.25, 0.3) is 0 Å². The van der Waals surface area contributed by atoms with Gasteiger partial charge in [-0.2, -0.15) is 0 Å². The van der Waals surface area contributed by atoms with Crippen LogP contribution in [0.5, 0.6) is 0 Å². The number of hydrogen-bond acceptors (Lipinski definition) is 3. The Labute approximate surface area is 96.9 Å². The van der Waals surface area contributed by atoms with Crippen molar-refractivity contribution in [3.63, 3.8) is 0 Å². The van der Waals surface area contributed by atoms with Gasteiger partial charge in [0.2, 0.25) is 0 Å². The lowest BCUT2D eigenvalue weighted by Crippen LogP contribution is -2.22. The lowest BCUT2D eigenvalue weighted by atomic mass is 10.0. The molecule has 0 bridgehead atoms. The molecule has 1 aliphatic carbocycles. The van der Waals surface area contributed by atoms with Crippen LogP contribution >= 0.6 is 0 Å². The molecule has 2 fully saturated rings. The van der Waals surface area contributed by atoms with Crippen LogP contribution < -0.4 is 4.90 Å². The highest BCUT2D eigenvalue weighted by Crippen LogP contribution is 2.41. The van der Waals surface area contributed by atoms with Gasteiger partial charge < -0.3 is 4.90 Å². The summed E-state index contributed by atoms with van der Waals surface area (Å²) < 4.78 is 0. The van der Waals surface area contributed by atoms with Gasteiger partial charge >= 0.3 is 0 Å². The summed E-state index contributed by atoms with van der Waals surface area (Å²) in [6.07, 6.45) is 6.59. The first-order valence-corrected chi connectivity index (χ1v) is 6.26. The van der Waals surface area contributed by atoms with Crippen molar-refractivity contribution in [2.45, 2.75) is 26.7 Å². The van der Waals surface area contributed by atoms with Crippen molar-refractivity contribution in [1.82, 2.24) is 9.97 Å². The molecule has 0 aromatic carbocycles. The van der Waals surface area contributed by atoms with Gasteiger partial charge in [0, 0.05) is 13.1 Å². The average Bonchev–Trinajstić information content (AvgIpc) is 2.75. The molecule has 0 spiro atoms. The Balaban J connectivity index is 1.73. The smallest absolute Gasteiger partial charge is 0.147 e. The van der Waals surface area contributed by atoms with Crippen molar-refractivity contribution in [3.8, 4) is 0 Å². The lowest BCUT2D eigenvalue weighted by Gasteiger charge is -2.18. The standard InChI is InChI=1S/C13H19N3/c1-9-3-11-7-16(8-12(11)4-9)13-6-14-10(2)5-15-13/h5-6,9,11-12H,3-4,7-8H2,1-2H3. The third-order valence-electron chi connectivity index (χ3n) is 4.08. The summed E-state index contributed by atoms with van der Waals surface area (Å²) >= 11 is 0. The Hall–Kier alpha value is -1.12. The molecule has 3 rings (SSSR count). The van der Waals surface area contributed by atoms with E-state index in [2.05, 4.69) is 21.8 Å². The Morgan fingerprint density at radius 3 is 2.38 bits per heavy atom. The Morgan fingerprint density at radius 1 is 1.12 bits per heavy atom. The Kier molecular flexibility index (Phi) is 2.34. The average molecular weight is 217 g/mol. The molecule has 2 unspecified atom stereocenters. The largest absolute Gasteiger partial charge is 0.355 e. The zero-order valence-electron chi connectivity index (χ0n) is 10.1. The van der Waals surface area contributed by atoms with E-state index >= 15 is 0 Å². The van der Waals surface area contributed by atoms with E-state index in [0.29, 0.717) is 0 Å². The summed E-state index contributed by atoms with van der Waals surface area (Å²) in [5.74, 6) is 3.80. The van der Waals surface area contributed by atoms with Crippen LogP contribution in [0.15, 0.2) is 12.4 Å². The van der Waals surface area contributed by atoms with Crippen LogP contribution in [0, 0.1) is 24.7 Å². The summed E-state index contributed by atoms with van der Waals surface area (Å²) in [5, 5.41) is 0. The van der Waals surface area contributed by atoms with Crippen molar-refractivity contribution in [3.05, 3.63) is 18.1 Å². The second-order valence-electron chi connectivity index (χ2n) is 5.52. The van der Waals surface area contributed by atoms with Crippen LogP contribution in [0.2, 0.25) is 0 Å². The highest BCUT2D eigenvalue weighted by atomic mass is 15.2. The quantitative estimate of drug-likeness (QED) is 0.722. The number of hydrogen-bond donors (Lipinski definition) is 0. The van der Waals surface area contributed by atoms with Crippen LogP contribution in [-0.2, 0) is 0 Å². The van der Waals surface area contributed by atoms with E-state index in [4.69, 9.17) is 0 Å². The molecule has 16 heavy (non-hydrogen) atoms. The van der Waals surface area contributed by atoms with Crippen molar-refractivity contribution in [1.29, 1.82) is 0 Å². The summed E-state index contributed by atoms with van der Waals surface area (Å²) in [7, 11) is 0. The second kappa shape index (κ2) is 3.72. The molecule has 3 heteroatoms. The van der Waals surface area contributed by atoms with Gasteiger partial charge in [-0.25, -0.2) is 4.98 Å². The minimum absolute atomic E-state index is 0.901. The third-order valence-corrected chi connectivity index (χ3v) is 4.08. The molecule has 0 amide bonds. The van der Waals surface area contributed by atoms with Gasteiger partial charge in [-0.3, -0.25) is 4.98 Å². The summed E-state index contributed by atoms with van der Waals surface area (Å²) in [4.78, 5) is 11.2. The normalized spacial score (nSPS) is 33.1. The topological polar surface area (TPSA) is 29.0 Å². The number of nitrogens with zero attached hydrogens (tertiary/aromatic N) is 3. The lowest BCUT2D eigenvalue weighted by molar-refractivity contribution is 0.494. The van der Waals surface area contributed by atoms with E-state index in [1.807, 2.05) is 19.3 Å². The molecule has 2 atom stereocenters. The molecule has 2 heterocycles. The predicted octanol–water partition coefficient (Wildman–Crippen LogP) is 2.27. The van der Waals surface area contributed by atoms with Gasteiger partial charge in [-0.05, 0) is 37.5 Å². The van der Waals surface area contributed by atoms with E-state index in [1.165, 1.54) is 25.9 Å². The maximum atomic E-state index is 4.47. The molecule has 1 saturated heterocycles. The zero-order valence-corrected chi connectivity index (χ0v) is 10.1. The van der Waals surface area contributed by atoms with Gasteiger partial charge in [0.05, 0.1) is 18.1 Å². The number of rotatable bonds is 1. The van der Waals surface area contributed by atoms with E-state index in [1.54, 1.807) is 0 Å². The fourth-order valence-corrected chi connectivity index (χ4v) is 3.34. The first-order valence-electron chi connectivity index (χ1n) is 6.26. The highest BCUT2D eigenvalue weighted by Gasteiger charge is 2.39. The first kappa shape index (κ1) is 10.1. The van der Waals surface area contributed by atoms with Crippen LogP contribution in [-0.4, -0.2) is 23.1 Å². The number of aryl methyl sites for hydroxylation is 1. The molecule has 1 aliphatic heterocycles. The van der Waals surface area contributed by atoms with E-state index < -0.39 is 0 Å². The molecule has 1 aromatic heterocycles. The minimum Gasteiger partial charge on any atom is -0.355 e. The van der Waals surface area contributed by atoms with Gasteiger partial charge in [0.1, 0.15) is 5.82 Å². The van der Waals surface area contributed by atoms with Gasteiger partial charge in [0.25, 0.3) is 0 Å². The van der Waals surface area contributed by atoms with Gasteiger partial charge in [-0.15, -0.1) is 0 Å². The molecule has 3 nitrogen and oxygen atoms in total. The molecule has 86 valence electrons. The number of fused-ring (bicyclic) bond motifs is 1. The molecular formula is C13H19N3. The van der Waals surface area contributed by atoms with Gasteiger partial charge in [0.15, 0.2) is 0 Å². The predicted molar refractivity (Wildman–Crippen MR) is 64.4 cm³/mol. The molecule has 2 aliphatic rings. The highest BCUT2D eigenvalue weighted by molar-refractivity contribution is 5.38. The molecular weight excluding hydrogens is 198 g/mol. The van der Waals surface area contributed by atoms with E-state index in [9.17, 15) is 0 Å². The molecule has 1 aromatic rings. The van der Waals surface area contributed by atoms with E-state index in [0.717, 1.165) is 29.3 Å². The summed E-state index contributed by atoms with van der Waals surface area (Å²) in [6, 6.07) is 0. The van der Waals surface area contributed by atoms with Crippen molar-refractivity contribution >= 4 is 5.82 Å². The molecule has 0 N–H and O–H groups in total. The number of aromatic nitrogens is 2. The number of anilines is 1. The fraction of sp³-hybridized carbons (Fsp3) is 0.692. The monoisotopic (exact) mass is 217 g/mol. The first-order chi connectivity index (χ1) is 7.72. The SMILES string of the molecule is Cc1cnc(N2CC3CC(C)CC3C2)cn1. The van der Waals surface area contributed by atoms with Crippen molar-refractivity contribution < 1.29 is 0 Å². The third kappa shape index (κ3) is 1.68. The Morgan fingerprint density at radius 2 is 1.81 bits per heavy atom. The fourth-order valence-electron chi connectivity index (χ4n) is 3.34.